The van der Waals surface area contributed by atoms with Crippen LogP contribution in [0.4, 0.5) is 0 Å². The van der Waals surface area contributed by atoms with Crippen LogP contribution >= 0.6 is 24.8 Å². The maximum absolute atomic E-state index is 15.1. The molecule has 12 nitrogen and oxygen atoms in total. The fraction of sp³-hybridized carbons (Fsp3) is 0.700. The number of ether oxygens (including phenoxy) is 1. The maximum atomic E-state index is 15.1. The van der Waals surface area contributed by atoms with Gasteiger partial charge in [0.05, 0.1) is 48.9 Å². The highest BCUT2D eigenvalue weighted by molar-refractivity contribution is 7.91. The van der Waals surface area contributed by atoms with Crippen molar-refractivity contribution in [1.29, 1.82) is 0 Å². The summed E-state index contributed by atoms with van der Waals surface area (Å²) < 4.78 is 33.2. The van der Waals surface area contributed by atoms with E-state index in [0.717, 1.165) is 72.8 Å². The number of amides is 1. The normalized spacial score (nSPS) is 21.1. The molecule has 2 heterocycles. The number of hydrogen-bond acceptors (Lipinski definition) is 10. The molecule has 55 heavy (non-hydrogen) atoms. The van der Waals surface area contributed by atoms with Crippen molar-refractivity contribution in [3.63, 3.8) is 0 Å². The first-order valence-electron chi connectivity index (χ1n) is 19.9. The first kappa shape index (κ1) is 47.3. The van der Waals surface area contributed by atoms with Gasteiger partial charge < -0.3 is 25.4 Å². The van der Waals surface area contributed by atoms with E-state index in [-0.39, 0.29) is 61.9 Å². The van der Waals surface area contributed by atoms with E-state index in [1.807, 2.05) is 54.3 Å². The molecule has 5 N–H and O–H groups in total. The molecular weight excluding hydrogens is 767 g/mol. The van der Waals surface area contributed by atoms with Crippen molar-refractivity contribution in [2.75, 3.05) is 50.9 Å². The molecule has 3 fully saturated rings. The monoisotopic (exact) mass is 830 g/mol. The third-order valence-corrected chi connectivity index (χ3v) is 13.2. The Kier molecular flexibility index (Phi) is 20.1. The number of halogens is 2. The van der Waals surface area contributed by atoms with Crippen molar-refractivity contribution in [2.24, 2.45) is 11.8 Å². The molecule has 2 aromatic carbocycles. The molecule has 0 bridgehead atoms. The van der Waals surface area contributed by atoms with Crippen LogP contribution in [0.25, 0.3) is 10.8 Å². The maximum Gasteiger partial charge on any atom is 0.328 e. The van der Waals surface area contributed by atoms with Crippen LogP contribution in [0.2, 0.25) is 0 Å². The minimum atomic E-state index is -3.77. The van der Waals surface area contributed by atoms with Crippen LogP contribution < -0.4 is 10.7 Å². The summed E-state index contributed by atoms with van der Waals surface area (Å²) in [5.41, 5.74) is 4.02. The van der Waals surface area contributed by atoms with Gasteiger partial charge in [-0.1, -0.05) is 94.3 Å². The molecule has 312 valence electrons. The van der Waals surface area contributed by atoms with Crippen LogP contribution in [0.3, 0.4) is 0 Å². The lowest BCUT2D eigenvalue weighted by Gasteiger charge is -2.40. The van der Waals surface area contributed by atoms with E-state index in [2.05, 4.69) is 10.7 Å². The predicted octanol–water partition coefficient (Wildman–Crippen LogP) is 4.38. The Bertz CT molecular complexity index is 1570. The van der Waals surface area contributed by atoms with Crippen molar-refractivity contribution in [1.82, 2.24) is 20.7 Å². The Balaban J connectivity index is 0.00000406. The van der Waals surface area contributed by atoms with E-state index < -0.39 is 57.7 Å². The number of nitrogens with one attached hydrogen (secondary N) is 2. The first-order valence-corrected chi connectivity index (χ1v) is 21.8. The average Bonchev–Trinajstić information content (AvgIpc) is 3.66. The molecule has 2 saturated heterocycles. The number of morpholine rings is 1. The van der Waals surface area contributed by atoms with E-state index in [1.165, 1.54) is 0 Å². The molecule has 0 unspecified atom stereocenters. The number of hydrazine groups is 1. The van der Waals surface area contributed by atoms with Crippen LogP contribution in [0.5, 0.6) is 0 Å². The number of carboxylic acids is 1. The van der Waals surface area contributed by atoms with Crippen molar-refractivity contribution in [3.05, 3.63) is 48.0 Å². The number of carbonyl (C=O) groups is 2. The fourth-order valence-electron chi connectivity index (χ4n) is 8.45. The molecule has 2 aromatic rings. The number of aliphatic hydroxyl groups is 2. The zero-order valence-electron chi connectivity index (χ0n) is 32.2. The number of carboxylic acid groups (broad SMARTS) is 1. The quantitative estimate of drug-likeness (QED) is 0.120. The minimum absolute atomic E-state index is 0. The highest BCUT2D eigenvalue weighted by atomic mass is 35.5. The van der Waals surface area contributed by atoms with Crippen LogP contribution in [0, 0.1) is 11.8 Å². The lowest BCUT2D eigenvalue weighted by atomic mass is 9.83. The fourth-order valence-corrected chi connectivity index (χ4v) is 10.4. The van der Waals surface area contributed by atoms with Crippen LogP contribution in [-0.4, -0.2) is 127 Å². The largest absolute Gasteiger partial charge is 0.480 e. The van der Waals surface area contributed by atoms with Gasteiger partial charge in [-0.2, -0.15) is 0 Å². The molecule has 0 spiro atoms. The lowest BCUT2D eigenvalue weighted by Crippen LogP contribution is -2.62. The smallest absolute Gasteiger partial charge is 0.328 e. The molecule has 2 aliphatic heterocycles. The Morgan fingerprint density at radius 2 is 1.71 bits per heavy atom. The molecule has 0 radical (unpaired) electrons. The van der Waals surface area contributed by atoms with Crippen LogP contribution in [0.1, 0.15) is 83.1 Å². The van der Waals surface area contributed by atoms with Gasteiger partial charge in [-0.3, -0.25) is 14.7 Å². The van der Waals surface area contributed by atoms with E-state index >= 15 is 4.79 Å². The zero-order valence-corrected chi connectivity index (χ0v) is 34.7. The molecule has 6 atom stereocenters. The topological polar surface area (TPSA) is 169 Å². The Morgan fingerprint density at radius 1 is 1.00 bits per heavy atom. The second kappa shape index (κ2) is 23.4. The third-order valence-electron chi connectivity index (χ3n) is 11.4. The second-order valence-corrected chi connectivity index (χ2v) is 17.7. The van der Waals surface area contributed by atoms with Crippen molar-refractivity contribution < 1.29 is 38.1 Å². The molecule has 1 aliphatic carbocycles. The highest BCUT2D eigenvalue weighted by Gasteiger charge is 2.40. The number of rotatable bonds is 20. The summed E-state index contributed by atoms with van der Waals surface area (Å²) in [4.78, 5) is 30.2. The summed E-state index contributed by atoms with van der Waals surface area (Å²) in [5.74, 6) is -3.27. The summed E-state index contributed by atoms with van der Waals surface area (Å²) in [6.45, 7) is 5.20. The number of aliphatic carboxylic acids is 1. The molecule has 0 aromatic heterocycles. The average molecular weight is 832 g/mol. The summed E-state index contributed by atoms with van der Waals surface area (Å²) in [7, 11) is -3.77. The number of β-amino-alcohol motifs (C(OH)–C–C–N with tert-alkyl or cyclic N) is 1. The number of carbonyl (C=O) groups excluding carboxylic acids is 1. The van der Waals surface area contributed by atoms with Gasteiger partial charge in [0.2, 0.25) is 5.91 Å². The van der Waals surface area contributed by atoms with E-state index in [4.69, 9.17) is 4.74 Å². The van der Waals surface area contributed by atoms with Crippen molar-refractivity contribution >= 4 is 57.3 Å². The van der Waals surface area contributed by atoms with Gasteiger partial charge in [-0.15, -0.1) is 24.8 Å². The van der Waals surface area contributed by atoms with Gasteiger partial charge in [0.1, 0.15) is 6.04 Å². The highest BCUT2D eigenvalue weighted by Crippen LogP contribution is 2.30. The Hall–Kier alpha value is -2.07. The standard InChI is InChI=1S/C40H62N4O8S.2ClH/c1-2-3-18-36(40(48)49)44(42-35(24-29-11-5-4-6-12-29)38(46)37(45)26-43-20-22-52-23-21-43)39(47)32(27-53(50,51)28-33-16-10-19-41-33)25-31-15-9-14-30-13-7-8-17-34(30)31;;/h7-9,13-15,17,29,32-33,35-38,41-42,45-46H,2-6,10-12,16,18-28H2,1H3,(H,48,49);2*1H/t32-,33+,35+,36+,37+,38-;;/m1../s1. The molecule has 3 aliphatic rings. The Labute approximate surface area is 339 Å². The van der Waals surface area contributed by atoms with Crippen LogP contribution in [0.15, 0.2) is 42.5 Å². The Morgan fingerprint density at radius 3 is 2.38 bits per heavy atom. The first-order chi connectivity index (χ1) is 25.5. The molecule has 5 rings (SSSR count). The molecule has 15 heteroatoms. The number of aliphatic hydroxyl groups excluding tert-OH is 2. The van der Waals surface area contributed by atoms with E-state index in [9.17, 15) is 28.5 Å². The van der Waals surface area contributed by atoms with E-state index in [1.54, 1.807) is 0 Å². The summed E-state index contributed by atoms with van der Waals surface area (Å²) >= 11 is 0. The molecular formula is C40H64Cl2N4O8S. The number of sulfone groups is 1. The van der Waals surface area contributed by atoms with Gasteiger partial charge in [0.25, 0.3) is 0 Å². The molecule has 1 amide bonds. The summed E-state index contributed by atoms with van der Waals surface area (Å²) in [6, 6.07) is 11.2. The third kappa shape index (κ3) is 14.1. The van der Waals surface area contributed by atoms with E-state index in [0.29, 0.717) is 45.6 Å². The summed E-state index contributed by atoms with van der Waals surface area (Å²) in [5, 5.41) is 40.2. The number of hydrogen-bond donors (Lipinski definition) is 5. The lowest BCUT2D eigenvalue weighted by molar-refractivity contribution is -0.158. The second-order valence-electron chi connectivity index (χ2n) is 15.6. The molecule has 1 saturated carbocycles. The SMILES string of the molecule is CCCC[C@@H](C(=O)O)N(N[C@@H](CC1CCCCC1)[C@@H](O)[C@@H](O)CN1CCOCC1)C(=O)[C@H](Cc1cccc2ccccc12)CS(=O)(=O)C[C@@H]1CCCN1.Cl.Cl. The van der Waals surface area contributed by atoms with Gasteiger partial charge in [-0.05, 0) is 60.9 Å². The number of fused-ring (bicyclic) bond motifs is 1. The zero-order chi connectivity index (χ0) is 37.8. The van der Waals surface area contributed by atoms with Crippen LogP contribution in [-0.2, 0) is 30.6 Å². The number of nitrogens with zero attached hydrogens (tertiary/aromatic N) is 2. The van der Waals surface area contributed by atoms with Crippen molar-refractivity contribution in [3.8, 4) is 0 Å². The number of unbranched alkanes of at least 4 members (excludes halogenated alkanes) is 1. The van der Waals surface area contributed by atoms with Gasteiger partial charge in [0.15, 0.2) is 9.84 Å². The minimum Gasteiger partial charge on any atom is -0.480 e. The van der Waals surface area contributed by atoms with Gasteiger partial charge in [0, 0.05) is 25.7 Å². The van der Waals surface area contributed by atoms with Crippen molar-refractivity contribution in [2.45, 2.75) is 114 Å². The number of benzene rings is 2. The van der Waals surface area contributed by atoms with Gasteiger partial charge in [-0.25, -0.2) is 18.6 Å². The van der Waals surface area contributed by atoms with Gasteiger partial charge >= 0.3 is 5.97 Å². The summed E-state index contributed by atoms with van der Waals surface area (Å²) in [6.07, 6.45) is 6.11. The predicted molar refractivity (Wildman–Crippen MR) is 220 cm³/mol.